The average molecular weight is 474 g/mol. The summed E-state index contributed by atoms with van der Waals surface area (Å²) in [6, 6.07) is 10.9. The lowest BCUT2D eigenvalue weighted by Crippen LogP contribution is -2.41. The molecular weight excluding hydrogens is 453 g/mol. The third-order valence-corrected chi connectivity index (χ3v) is 6.54. The van der Waals surface area contributed by atoms with Gasteiger partial charge in [0.25, 0.3) is 5.91 Å². The van der Waals surface area contributed by atoms with Crippen molar-refractivity contribution in [3.63, 3.8) is 0 Å². The van der Waals surface area contributed by atoms with Crippen LogP contribution in [0.4, 0.5) is 20.6 Å². The van der Waals surface area contributed by atoms with E-state index >= 15 is 0 Å². The van der Waals surface area contributed by atoms with Crippen LogP contribution in [0.5, 0.6) is 0 Å². The fraction of sp³-hybridized carbons (Fsp3) is 0.273. The Morgan fingerprint density at radius 2 is 2.03 bits per heavy atom. The van der Waals surface area contributed by atoms with Gasteiger partial charge in [-0.1, -0.05) is 35.1 Å². The maximum Gasteiger partial charge on any atom is 0.321 e. The molecule has 1 atom stereocenters. The molecule has 10 heteroatoms. The molecule has 1 unspecified atom stereocenters. The second-order valence-electron chi connectivity index (χ2n) is 7.61. The van der Waals surface area contributed by atoms with Gasteiger partial charge in [-0.15, -0.1) is 10.2 Å². The van der Waals surface area contributed by atoms with Crippen molar-refractivity contribution in [1.29, 1.82) is 0 Å². The van der Waals surface area contributed by atoms with Crippen LogP contribution in [0.3, 0.4) is 0 Å². The maximum absolute atomic E-state index is 13.3. The molecule has 0 bridgehead atoms. The molecule has 0 saturated carbocycles. The first kappa shape index (κ1) is 22.2. The highest BCUT2D eigenvalue weighted by molar-refractivity contribution is 7.13. The first-order valence-corrected chi connectivity index (χ1v) is 11.3. The van der Waals surface area contributed by atoms with Gasteiger partial charge in [-0.3, -0.25) is 4.79 Å². The van der Waals surface area contributed by atoms with Gasteiger partial charge in [0, 0.05) is 24.7 Å². The van der Waals surface area contributed by atoms with Gasteiger partial charge in [-0.25, -0.2) is 9.18 Å². The summed E-state index contributed by atoms with van der Waals surface area (Å²) in [6.45, 7) is 3.02. The third-order valence-electron chi connectivity index (χ3n) is 5.14. The summed E-state index contributed by atoms with van der Waals surface area (Å²) in [5.41, 5.74) is 1.93. The Morgan fingerprint density at radius 1 is 1.19 bits per heavy atom. The molecule has 166 valence electrons. The number of likely N-dealkylation sites (tertiary alicyclic amines) is 1. The number of aromatic nitrogens is 2. The lowest BCUT2D eigenvalue weighted by atomic mass is 9.99. The zero-order valence-corrected chi connectivity index (χ0v) is 18.8. The van der Waals surface area contributed by atoms with E-state index < -0.39 is 11.7 Å². The van der Waals surface area contributed by atoms with Crippen LogP contribution in [-0.2, 0) is 0 Å². The molecule has 2 aromatic carbocycles. The maximum atomic E-state index is 13.3. The van der Waals surface area contributed by atoms with Gasteiger partial charge in [0.15, 0.2) is 0 Å². The van der Waals surface area contributed by atoms with Gasteiger partial charge in [0.05, 0.1) is 10.7 Å². The molecule has 2 heterocycles. The first-order chi connectivity index (χ1) is 15.4. The molecule has 0 spiro atoms. The monoisotopic (exact) mass is 473 g/mol. The number of amides is 3. The number of rotatable bonds is 4. The number of halogens is 2. The summed E-state index contributed by atoms with van der Waals surface area (Å²) in [5.74, 6) is -0.900. The third kappa shape index (κ3) is 5.23. The molecule has 7 nitrogen and oxygen atoms in total. The van der Waals surface area contributed by atoms with Gasteiger partial charge in [-0.05, 0) is 55.7 Å². The van der Waals surface area contributed by atoms with Gasteiger partial charge in [0.2, 0.25) is 5.01 Å². The normalized spacial score (nSPS) is 16.0. The summed E-state index contributed by atoms with van der Waals surface area (Å²) >= 11 is 7.41. The van der Waals surface area contributed by atoms with Crippen LogP contribution in [0.25, 0.3) is 0 Å². The lowest BCUT2D eigenvalue weighted by Gasteiger charge is -2.31. The molecule has 1 aliphatic rings. The Bertz CT molecular complexity index is 1150. The van der Waals surface area contributed by atoms with Crippen LogP contribution in [0.15, 0.2) is 42.5 Å². The van der Waals surface area contributed by atoms with Crippen LogP contribution in [-0.4, -0.2) is 40.1 Å². The Balaban J connectivity index is 1.39. The molecular formula is C22H21ClFN5O2S. The van der Waals surface area contributed by atoms with Crippen LogP contribution in [0.2, 0.25) is 5.02 Å². The SMILES string of the molecule is Cc1ccc(NC(=O)N2CCCC(c3nnc(C(=O)Nc4cccc(F)c4)s3)C2)c(Cl)c1. The number of nitrogens with one attached hydrogen (secondary N) is 2. The molecule has 0 aliphatic carbocycles. The Hall–Kier alpha value is -3.04. The van der Waals surface area contributed by atoms with Crippen molar-refractivity contribution in [1.82, 2.24) is 15.1 Å². The Labute approximate surface area is 193 Å². The summed E-state index contributed by atoms with van der Waals surface area (Å²) < 4.78 is 13.3. The zero-order chi connectivity index (χ0) is 22.7. The number of carbonyl (C=O) groups excluding carboxylic acids is 2. The Kier molecular flexibility index (Phi) is 6.66. The van der Waals surface area contributed by atoms with Gasteiger partial charge < -0.3 is 15.5 Å². The summed E-state index contributed by atoms with van der Waals surface area (Å²) in [6.07, 6.45) is 1.65. The number of carbonyl (C=O) groups is 2. The standard InChI is InChI=1S/C22H21ClFN5O2S/c1-13-7-8-18(17(23)10-13)26-22(31)29-9-3-4-14(12-29)20-27-28-21(32-20)19(30)25-16-6-2-5-15(24)11-16/h2,5-8,10-11,14H,3-4,9,12H2,1H3,(H,25,30)(H,26,31). The smallest absolute Gasteiger partial charge is 0.321 e. The van der Waals surface area contributed by atoms with Crippen molar-refractivity contribution in [2.24, 2.45) is 0 Å². The van der Waals surface area contributed by atoms with E-state index in [0.717, 1.165) is 18.4 Å². The molecule has 2 N–H and O–H groups in total. The highest BCUT2D eigenvalue weighted by atomic mass is 35.5. The minimum Gasteiger partial charge on any atom is -0.324 e. The number of nitrogens with zero attached hydrogens (tertiary/aromatic N) is 3. The van der Waals surface area contributed by atoms with Crippen molar-refractivity contribution < 1.29 is 14.0 Å². The van der Waals surface area contributed by atoms with Gasteiger partial charge >= 0.3 is 6.03 Å². The minimum atomic E-state index is -0.446. The molecule has 32 heavy (non-hydrogen) atoms. The second kappa shape index (κ2) is 9.62. The van der Waals surface area contributed by atoms with E-state index in [0.29, 0.717) is 34.5 Å². The van der Waals surface area contributed by atoms with E-state index in [1.807, 2.05) is 13.0 Å². The van der Waals surface area contributed by atoms with Crippen molar-refractivity contribution in [3.05, 3.63) is 68.9 Å². The van der Waals surface area contributed by atoms with Gasteiger partial charge in [-0.2, -0.15) is 0 Å². The van der Waals surface area contributed by atoms with Crippen molar-refractivity contribution >= 4 is 46.3 Å². The fourth-order valence-electron chi connectivity index (χ4n) is 3.52. The van der Waals surface area contributed by atoms with E-state index in [2.05, 4.69) is 20.8 Å². The molecule has 1 aromatic heterocycles. The van der Waals surface area contributed by atoms with E-state index in [1.54, 1.807) is 23.1 Å². The summed E-state index contributed by atoms with van der Waals surface area (Å²) in [4.78, 5) is 26.9. The van der Waals surface area contributed by atoms with Gasteiger partial charge in [0.1, 0.15) is 10.8 Å². The molecule has 1 fully saturated rings. The fourth-order valence-corrected chi connectivity index (χ4v) is 4.67. The van der Waals surface area contributed by atoms with E-state index in [-0.39, 0.29) is 17.0 Å². The van der Waals surface area contributed by atoms with Crippen LogP contribution >= 0.6 is 22.9 Å². The second-order valence-corrected chi connectivity index (χ2v) is 9.02. The number of benzene rings is 2. The molecule has 0 radical (unpaired) electrons. The van der Waals surface area contributed by atoms with Crippen molar-refractivity contribution in [3.8, 4) is 0 Å². The zero-order valence-electron chi connectivity index (χ0n) is 17.3. The van der Waals surface area contributed by atoms with E-state index in [1.165, 1.54) is 29.5 Å². The molecule has 3 amide bonds. The highest BCUT2D eigenvalue weighted by Gasteiger charge is 2.28. The molecule has 1 saturated heterocycles. The molecule has 1 aliphatic heterocycles. The van der Waals surface area contributed by atoms with Crippen LogP contribution in [0.1, 0.15) is 39.1 Å². The summed E-state index contributed by atoms with van der Waals surface area (Å²) in [7, 11) is 0. The predicted molar refractivity (Wildman–Crippen MR) is 123 cm³/mol. The topological polar surface area (TPSA) is 87.2 Å². The largest absolute Gasteiger partial charge is 0.324 e. The number of piperidine rings is 1. The minimum absolute atomic E-state index is 0.0174. The highest BCUT2D eigenvalue weighted by Crippen LogP contribution is 2.30. The number of hydrogen-bond acceptors (Lipinski definition) is 5. The van der Waals surface area contributed by atoms with E-state index in [9.17, 15) is 14.0 Å². The van der Waals surface area contributed by atoms with E-state index in [4.69, 9.17) is 11.6 Å². The number of anilines is 2. The predicted octanol–water partition coefficient (Wildman–Crippen LogP) is 5.30. The number of hydrogen-bond donors (Lipinski definition) is 2. The average Bonchev–Trinajstić information content (AvgIpc) is 3.26. The van der Waals surface area contributed by atoms with Crippen LogP contribution < -0.4 is 10.6 Å². The number of aryl methyl sites for hydroxylation is 1. The van der Waals surface area contributed by atoms with Crippen molar-refractivity contribution in [2.45, 2.75) is 25.7 Å². The lowest BCUT2D eigenvalue weighted by molar-refractivity contribution is 0.102. The quantitative estimate of drug-likeness (QED) is 0.538. The Morgan fingerprint density at radius 3 is 2.81 bits per heavy atom. The summed E-state index contributed by atoms with van der Waals surface area (Å²) in [5, 5.41) is 15.0. The number of urea groups is 1. The van der Waals surface area contributed by atoms with Crippen molar-refractivity contribution in [2.75, 3.05) is 23.7 Å². The molecule has 3 aromatic rings. The molecule has 4 rings (SSSR count). The first-order valence-electron chi connectivity index (χ1n) is 10.1. The van der Waals surface area contributed by atoms with Crippen LogP contribution in [0, 0.1) is 12.7 Å².